The summed E-state index contributed by atoms with van der Waals surface area (Å²) in [6.07, 6.45) is 0.116. The second-order valence-corrected chi connectivity index (χ2v) is 3.70. The van der Waals surface area contributed by atoms with Gasteiger partial charge in [0.1, 0.15) is 0 Å². The third-order valence-electron chi connectivity index (χ3n) is 1.68. The van der Waals surface area contributed by atoms with Crippen LogP contribution in [0.15, 0.2) is 12.3 Å². The third-order valence-corrected chi connectivity index (χ3v) is 2.14. The van der Waals surface area contributed by atoms with Crippen LogP contribution in [0.5, 0.6) is 0 Å². The van der Waals surface area contributed by atoms with Gasteiger partial charge in [0.2, 0.25) is 5.95 Å². The van der Waals surface area contributed by atoms with Crippen LogP contribution in [0.25, 0.3) is 6.08 Å². The van der Waals surface area contributed by atoms with Crippen LogP contribution in [0.1, 0.15) is 17.7 Å². The van der Waals surface area contributed by atoms with Gasteiger partial charge in [-0.1, -0.05) is 28.1 Å². The Bertz CT molecular complexity index is 390. The second-order valence-electron chi connectivity index (χ2n) is 2.91. The predicted molar refractivity (Wildman–Crippen MR) is 58.9 cm³/mol. The lowest BCUT2D eigenvalue weighted by Crippen LogP contribution is -2.12. The van der Waals surface area contributed by atoms with E-state index in [9.17, 15) is 13.2 Å². The van der Waals surface area contributed by atoms with E-state index in [1.54, 1.807) is 6.08 Å². The zero-order chi connectivity index (χ0) is 12.2. The van der Waals surface area contributed by atoms with Gasteiger partial charge in [-0.2, -0.15) is 13.2 Å². The van der Waals surface area contributed by atoms with E-state index in [-0.39, 0.29) is 11.5 Å². The number of nitrogens with zero attached hydrogens (tertiary/aromatic N) is 2. The first-order chi connectivity index (χ1) is 7.45. The minimum atomic E-state index is -4.52. The fraction of sp³-hybridized carbons (Fsp3) is 0.333. The van der Waals surface area contributed by atoms with E-state index in [1.165, 1.54) is 6.08 Å². The number of hydrogen-bond acceptors (Lipinski definition) is 3. The number of nitrogens with two attached hydrogens (primary N) is 1. The lowest BCUT2D eigenvalue weighted by molar-refractivity contribution is -0.141. The largest absolute Gasteiger partial charge is 0.434 e. The van der Waals surface area contributed by atoms with Gasteiger partial charge in [-0.05, 0) is 6.42 Å². The molecule has 88 valence electrons. The highest BCUT2D eigenvalue weighted by Gasteiger charge is 2.35. The van der Waals surface area contributed by atoms with Gasteiger partial charge in [0, 0.05) is 17.1 Å². The zero-order valence-electron chi connectivity index (χ0n) is 8.13. The molecule has 0 aromatic carbocycles. The van der Waals surface area contributed by atoms with Crippen LogP contribution in [0.2, 0.25) is 0 Å². The Morgan fingerprint density at radius 3 is 2.69 bits per heavy atom. The van der Waals surface area contributed by atoms with Crippen molar-refractivity contribution in [2.24, 2.45) is 0 Å². The molecule has 0 bridgehead atoms. The summed E-state index contributed by atoms with van der Waals surface area (Å²) in [5.74, 6) is -0.384. The van der Waals surface area contributed by atoms with Crippen molar-refractivity contribution in [1.29, 1.82) is 0 Å². The smallest absolute Gasteiger partial charge is 0.368 e. The number of hydrogen-bond donors (Lipinski definition) is 1. The summed E-state index contributed by atoms with van der Waals surface area (Å²) < 4.78 is 37.6. The van der Waals surface area contributed by atoms with E-state index in [0.717, 1.165) is 6.20 Å². The molecule has 3 nitrogen and oxygen atoms in total. The summed E-state index contributed by atoms with van der Waals surface area (Å²) in [6, 6.07) is 0. The molecule has 0 spiro atoms. The minimum absolute atomic E-state index is 0.0809. The molecule has 16 heavy (non-hydrogen) atoms. The molecular weight excluding hydrogens is 287 g/mol. The number of anilines is 1. The van der Waals surface area contributed by atoms with Crippen molar-refractivity contribution in [3.8, 4) is 0 Å². The maximum Gasteiger partial charge on any atom is 0.434 e. The first-order valence-electron chi connectivity index (χ1n) is 4.37. The Labute approximate surface area is 98.7 Å². The highest BCUT2D eigenvalue weighted by Crippen LogP contribution is 2.31. The van der Waals surface area contributed by atoms with Crippen LogP contribution in [-0.4, -0.2) is 15.3 Å². The second kappa shape index (κ2) is 5.29. The summed E-state index contributed by atoms with van der Waals surface area (Å²) in [7, 11) is 0. The summed E-state index contributed by atoms with van der Waals surface area (Å²) in [5, 5.41) is 0.681. The van der Waals surface area contributed by atoms with E-state index in [1.807, 2.05) is 0 Å². The van der Waals surface area contributed by atoms with Gasteiger partial charge in [0.15, 0.2) is 5.69 Å². The third kappa shape index (κ3) is 3.48. The molecule has 0 aliphatic heterocycles. The Balaban J connectivity index is 3.08. The molecule has 0 aliphatic rings. The molecule has 0 saturated carbocycles. The van der Waals surface area contributed by atoms with E-state index in [0.29, 0.717) is 11.8 Å². The number of halogens is 4. The Morgan fingerprint density at radius 2 is 2.12 bits per heavy atom. The van der Waals surface area contributed by atoms with E-state index in [4.69, 9.17) is 5.73 Å². The van der Waals surface area contributed by atoms with Crippen LogP contribution in [0.4, 0.5) is 19.1 Å². The normalized spacial score (nSPS) is 12.2. The zero-order valence-corrected chi connectivity index (χ0v) is 9.72. The number of rotatable bonds is 3. The maximum atomic E-state index is 12.5. The van der Waals surface area contributed by atoms with Gasteiger partial charge < -0.3 is 5.73 Å². The van der Waals surface area contributed by atoms with Crippen molar-refractivity contribution in [2.45, 2.75) is 12.6 Å². The van der Waals surface area contributed by atoms with Crippen LogP contribution in [0.3, 0.4) is 0 Å². The van der Waals surface area contributed by atoms with Crippen molar-refractivity contribution in [1.82, 2.24) is 9.97 Å². The monoisotopic (exact) mass is 295 g/mol. The average Bonchev–Trinajstić information content (AvgIpc) is 2.19. The molecule has 0 atom stereocenters. The molecule has 0 saturated heterocycles. The van der Waals surface area contributed by atoms with Gasteiger partial charge in [0.05, 0.1) is 0 Å². The molecule has 1 aromatic rings. The van der Waals surface area contributed by atoms with Crippen LogP contribution in [-0.2, 0) is 6.18 Å². The van der Waals surface area contributed by atoms with Gasteiger partial charge >= 0.3 is 6.18 Å². The summed E-state index contributed by atoms with van der Waals surface area (Å²) in [4.78, 5) is 6.74. The lowest BCUT2D eigenvalue weighted by atomic mass is 10.2. The van der Waals surface area contributed by atoms with Crippen molar-refractivity contribution in [2.75, 3.05) is 11.1 Å². The number of aromatic nitrogens is 2. The van der Waals surface area contributed by atoms with E-state index in [2.05, 4.69) is 25.9 Å². The molecule has 0 unspecified atom stereocenters. The molecule has 0 aliphatic carbocycles. The van der Waals surface area contributed by atoms with Gasteiger partial charge in [-0.25, -0.2) is 9.97 Å². The highest BCUT2D eigenvalue weighted by atomic mass is 79.9. The van der Waals surface area contributed by atoms with Gasteiger partial charge in [-0.3, -0.25) is 0 Å². The molecule has 0 amide bonds. The first-order valence-corrected chi connectivity index (χ1v) is 5.49. The van der Waals surface area contributed by atoms with Crippen molar-refractivity contribution < 1.29 is 13.2 Å². The van der Waals surface area contributed by atoms with Crippen LogP contribution >= 0.6 is 15.9 Å². The maximum absolute atomic E-state index is 12.5. The highest BCUT2D eigenvalue weighted by molar-refractivity contribution is 9.09. The molecule has 0 fully saturated rings. The van der Waals surface area contributed by atoms with E-state index < -0.39 is 11.9 Å². The van der Waals surface area contributed by atoms with Crippen molar-refractivity contribution >= 4 is 28.0 Å². The summed E-state index contributed by atoms with van der Waals surface area (Å²) in [5.41, 5.74) is 4.04. The van der Waals surface area contributed by atoms with Crippen molar-refractivity contribution in [3.63, 3.8) is 0 Å². The summed E-state index contributed by atoms with van der Waals surface area (Å²) in [6.45, 7) is 0. The first kappa shape index (κ1) is 13.0. The molecule has 7 heteroatoms. The minimum Gasteiger partial charge on any atom is -0.368 e. The summed E-state index contributed by atoms with van der Waals surface area (Å²) >= 11 is 3.17. The predicted octanol–water partition coefficient (Wildman–Crippen LogP) is 2.88. The molecule has 1 aromatic heterocycles. The Morgan fingerprint density at radius 1 is 1.44 bits per heavy atom. The number of allylic oxidation sites excluding steroid dienone is 1. The standard InChI is InChI=1S/C9H9BrF3N3/c10-4-2-1-3-6-5-15-8(14)16-7(6)9(11,12)13/h1,3,5H,2,4H2,(H2,14,15,16). The van der Waals surface area contributed by atoms with Crippen LogP contribution < -0.4 is 5.73 Å². The number of nitrogen functional groups attached to an aromatic ring is 1. The molecule has 0 radical (unpaired) electrons. The molecule has 2 N–H and O–H groups in total. The Kier molecular flexibility index (Phi) is 4.28. The molecule has 1 rings (SSSR count). The van der Waals surface area contributed by atoms with Crippen molar-refractivity contribution in [3.05, 3.63) is 23.5 Å². The average molecular weight is 296 g/mol. The molecular formula is C9H9BrF3N3. The van der Waals surface area contributed by atoms with Gasteiger partial charge in [0.25, 0.3) is 0 Å². The Hall–Kier alpha value is -1.11. The van der Waals surface area contributed by atoms with E-state index >= 15 is 0 Å². The molecule has 1 heterocycles. The van der Waals surface area contributed by atoms with Gasteiger partial charge in [-0.15, -0.1) is 0 Å². The lowest BCUT2D eigenvalue weighted by Gasteiger charge is -2.08. The SMILES string of the molecule is Nc1ncc(C=CCCBr)c(C(F)(F)F)n1. The fourth-order valence-electron chi connectivity index (χ4n) is 1.03. The fourth-order valence-corrected chi connectivity index (χ4v) is 1.29. The van der Waals surface area contributed by atoms with Crippen LogP contribution in [0, 0.1) is 0 Å². The topological polar surface area (TPSA) is 51.8 Å². The quantitative estimate of drug-likeness (QED) is 0.873. The number of alkyl halides is 4.